The molecule has 2 aliphatic rings. The van der Waals surface area contributed by atoms with Gasteiger partial charge in [-0.1, -0.05) is 20.8 Å². The van der Waals surface area contributed by atoms with Crippen LogP contribution in [0.4, 0.5) is 0 Å². The molecule has 0 aromatic rings. The molecule has 24 heavy (non-hydrogen) atoms. The number of rotatable bonds is 6. The summed E-state index contributed by atoms with van der Waals surface area (Å²) in [5, 5.41) is 6.79. The average Bonchev–Trinajstić information content (AvgIpc) is 3.15. The fourth-order valence-corrected chi connectivity index (χ4v) is 3.55. The van der Waals surface area contributed by atoms with Gasteiger partial charge in [0.25, 0.3) is 0 Å². The summed E-state index contributed by atoms with van der Waals surface area (Å²) in [4.78, 5) is 4.80. The third kappa shape index (κ3) is 7.04. The third-order valence-corrected chi connectivity index (χ3v) is 4.68. The SMILES string of the molecule is CCNC(=NCC1CCOC1C(C)(C)C)NCCC1CCCO1.I. The number of nitrogens with zero attached hydrogens (tertiary/aromatic N) is 1. The van der Waals surface area contributed by atoms with E-state index in [9.17, 15) is 0 Å². The molecule has 0 amide bonds. The van der Waals surface area contributed by atoms with Gasteiger partial charge in [0, 0.05) is 38.8 Å². The highest BCUT2D eigenvalue weighted by atomic mass is 127. The molecule has 2 fully saturated rings. The molecule has 0 aromatic heterocycles. The standard InChI is InChI=1S/C18H35N3O2.HI/c1-5-19-17(20-10-8-15-7-6-11-22-15)21-13-14-9-12-23-16(14)18(2,3)4;/h14-16H,5-13H2,1-4H3,(H2,19,20,21);1H. The Labute approximate surface area is 164 Å². The van der Waals surface area contributed by atoms with Gasteiger partial charge in [0.15, 0.2) is 5.96 Å². The maximum Gasteiger partial charge on any atom is 0.191 e. The summed E-state index contributed by atoms with van der Waals surface area (Å²) < 4.78 is 11.6. The summed E-state index contributed by atoms with van der Waals surface area (Å²) in [5.41, 5.74) is 0.183. The molecule has 0 spiro atoms. The van der Waals surface area contributed by atoms with Crippen LogP contribution in [0.1, 0.15) is 53.4 Å². The molecule has 0 bridgehead atoms. The predicted octanol–water partition coefficient (Wildman–Crippen LogP) is 3.18. The van der Waals surface area contributed by atoms with Crippen molar-refractivity contribution < 1.29 is 9.47 Å². The van der Waals surface area contributed by atoms with Gasteiger partial charge >= 0.3 is 0 Å². The Morgan fingerprint density at radius 2 is 1.92 bits per heavy atom. The van der Waals surface area contributed by atoms with E-state index in [2.05, 4.69) is 38.3 Å². The first kappa shape index (κ1) is 22.0. The van der Waals surface area contributed by atoms with Gasteiger partial charge in [-0.25, -0.2) is 0 Å². The van der Waals surface area contributed by atoms with Gasteiger partial charge in [0.1, 0.15) is 0 Å². The van der Waals surface area contributed by atoms with Crippen molar-refractivity contribution in [2.24, 2.45) is 16.3 Å². The van der Waals surface area contributed by atoms with E-state index < -0.39 is 0 Å². The normalized spacial score (nSPS) is 27.8. The lowest BCUT2D eigenvalue weighted by atomic mass is 9.81. The molecule has 0 aliphatic carbocycles. The summed E-state index contributed by atoms with van der Waals surface area (Å²) in [7, 11) is 0. The van der Waals surface area contributed by atoms with Crippen LogP contribution in [-0.4, -0.2) is 51.0 Å². The van der Waals surface area contributed by atoms with E-state index >= 15 is 0 Å². The van der Waals surface area contributed by atoms with Crippen LogP contribution >= 0.6 is 24.0 Å². The van der Waals surface area contributed by atoms with Gasteiger partial charge < -0.3 is 20.1 Å². The monoisotopic (exact) mass is 453 g/mol. The van der Waals surface area contributed by atoms with Crippen molar-refractivity contribution in [1.29, 1.82) is 0 Å². The number of halogens is 1. The lowest BCUT2D eigenvalue weighted by Gasteiger charge is -2.30. The smallest absolute Gasteiger partial charge is 0.191 e. The number of aliphatic imine (C=N–C) groups is 1. The Bertz CT molecular complexity index is 379. The van der Waals surface area contributed by atoms with Crippen LogP contribution in [0.5, 0.6) is 0 Å². The second-order valence-electron chi connectivity index (χ2n) is 7.78. The van der Waals surface area contributed by atoms with E-state index in [1.807, 2.05) is 0 Å². The molecule has 142 valence electrons. The van der Waals surface area contributed by atoms with Crippen molar-refractivity contribution >= 4 is 29.9 Å². The second kappa shape index (κ2) is 10.8. The van der Waals surface area contributed by atoms with E-state index in [-0.39, 0.29) is 29.4 Å². The Morgan fingerprint density at radius 1 is 1.12 bits per heavy atom. The van der Waals surface area contributed by atoms with E-state index in [0.717, 1.165) is 51.6 Å². The first-order valence-electron chi connectivity index (χ1n) is 9.26. The predicted molar refractivity (Wildman–Crippen MR) is 110 cm³/mol. The maximum atomic E-state index is 5.94. The molecule has 6 heteroatoms. The van der Waals surface area contributed by atoms with Crippen molar-refractivity contribution in [3.63, 3.8) is 0 Å². The first-order valence-corrected chi connectivity index (χ1v) is 9.26. The highest BCUT2D eigenvalue weighted by Gasteiger charge is 2.37. The average molecular weight is 453 g/mol. The molecular formula is C18H36IN3O2. The van der Waals surface area contributed by atoms with Crippen LogP contribution in [-0.2, 0) is 9.47 Å². The summed E-state index contributed by atoms with van der Waals surface area (Å²) in [6, 6.07) is 0. The maximum absolute atomic E-state index is 5.94. The molecule has 3 atom stereocenters. The molecule has 0 aromatic carbocycles. The molecule has 2 heterocycles. The fourth-order valence-electron chi connectivity index (χ4n) is 3.55. The molecule has 0 radical (unpaired) electrons. The number of guanidine groups is 1. The zero-order valence-electron chi connectivity index (χ0n) is 15.8. The van der Waals surface area contributed by atoms with E-state index in [1.54, 1.807) is 0 Å². The van der Waals surface area contributed by atoms with Crippen LogP contribution in [0.15, 0.2) is 4.99 Å². The molecule has 5 nitrogen and oxygen atoms in total. The zero-order valence-corrected chi connectivity index (χ0v) is 18.1. The van der Waals surface area contributed by atoms with Crippen molar-refractivity contribution in [2.45, 2.75) is 65.6 Å². The van der Waals surface area contributed by atoms with E-state index in [0.29, 0.717) is 18.1 Å². The summed E-state index contributed by atoms with van der Waals surface area (Å²) in [6.45, 7) is 13.3. The van der Waals surface area contributed by atoms with Gasteiger partial charge in [-0.15, -0.1) is 24.0 Å². The topological polar surface area (TPSA) is 54.9 Å². The van der Waals surface area contributed by atoms with Crippen molar-refractivity contribution in [1.82, 2.24) is 10.6 Å². The highest BCUT2D eigenvalue weighted by molar-refractivity contribution is 14.0. The largest absolute Gasteiger partial charge is 0.378 e. The molecule has 0 saturated carbocycles. The van der Waals surface area contributed by atoms with E-state index in [1.165, 1.54) is 12.8 Å². The van der Waals surface area contributed by atoms with Gasteiger partial charge in [-0.05, 0) is 38.0 Å². The van der Waals surface area contributed by atoms with Gasteiger partial charge in [-0.3, -0.25) is 4.99 Å². The van der Waals surface area contributed by atoms with Crippen LogP contribution in [0.25, 0.3) is 0 Å². The minimum atomic E-state index is 0. The first-order chi connectivity index (χ1) is 11.0. The van der Waals surface area contributed by atoms with Gasteiger partial charge in [-0.2, -0.15) is 0 Å². The summed E-state index contributed by atoms with van der Waals surface area (Å²) in [6.07, 6.45) is 5.30. The molecule has 2 saturated heterocycles. The van der Waals surface area contributed by atoms with Gasteiger partial charge in [0.05, 0.1) is 12.2 Å². The second-order valence-corrected chi connectivity index (χ2v) is 7.78. The highest BCUT2D eigenvalue weighted by Crippen LogP contribution is 2.34. The number of hydrogen-bond donors (Lipinski definition) is 2. The number of hydrogen-bond acceptors (Lipinski definition) is 3. The van der Waals surface area contributed by atoms with E-state index in [4.69, 9.17) is 14.5 Å². The quantitative estimate of drug-likeness (QED) is 0.369. The number of nitrogens with one attached hydrogen (secondary N) is 2. The van der Waals surface area contributed by atoms with Crippen LogP contribution in [0, 0.1) is 11.3 Å². The number of ether oxygens (including phenoxy) is 2. The molecule has 2 aliphatic heterocycles. The lowest BCUT2D eigenvalue weighted by Crippen LogP contribution is -2.39. The Morgan fingerprint density at radius 3 is 2.54 bits per heavy atom. The Kier molecular flexibility index (Phi) is 9.89. The minimum absolute atomic E-state index is 0. The van der Waals surface area contributed by atoms with Crippen LogP contribution < -0.4 is 10.6 Å². The lowest BCUT2D eigenvalue weighted by molar-refractivity contribution is 0.00890. The van der Waals surface area contributed by atoms with Crippen LogP contribution in [0.2, 0.25) is 0 Å². The zero-order chi connectivity index (χ0) is 16.7. The third-order valence-electron chi connectivity index (χ3n) is 4.68. The Hall–Kier alpha value is -0.0800. The minimum Gasteiger partial charge on any atom is -0.378 e. The van der Waals surface area contributed by atoms with Gasteiger partial charge in [0.2, 0.25) is 0 Å². The summed E-state index contributed by atoms with van der Waals surface area (Å²) in [5.74, 6) is 1.44. The van der Waals surface area contributed by atoms with Crippen molar-refractivity contribution in [3.8, 4) is 0 Å². The summed E-state index contributed by atoms with van der Waals surface area (Å²) >= 11 is 0. The van der Waals surface area contributed by atoms with Crippen molar-refractivity contribution in [3.05, 3.63) is 0 Å². The Balaban J connectivity index is 0.00000288. The molecule has 2 N–H and O–H groups in total. The molecule has 2 rings (SSSR count). The molecular weight excluding hydrogens is 417 g/mol. The van der Waals surface area contributed by atoms with Crippen molar-refractivity contribution in [2.75, 3.05) is 32.8 Å². The fraction of sp³-hybridized carbons (Fsp3) is 0.944. The molecule has 3 unspecified atom stereocenters. The van der Waals surface area contributed by atoms with Crippen LogP contribution in [0.3, 0.4) is 0 Å².